The molecule has 2 aromatic rings. The second-order valence-electron chi connectivity index (χ2n) is 3.55. The quantitative estimate of drug-likeness (QED) is 0.909. The highest BCUT2D eigenvalue weighted by Gasteiger charge is 2.14. The SMILES string of the molecule is N#Cc1ccc(S(=O)(=O)NCc2cc(Br)cs2)cn1. The number of aromatic nitrogens is 1. The molecule has 0 atom stereocenters. The average molecular weight is 358 g/mol. The normalized spacial score (nSPS) is 11.2. The molecule has 0 aromatic carbocycles. The first-order valence-electron chi connectivity index (χ1n) is 5.10. The topological polar surface area (TPSA) is 82.8 Å². The molecule has 2 aromatic heterocycles. The van der Waals surface area contributed by atoms with Crippen LogP contribution in [0.3, 0.4) is 0 Å². The molecule has 0 aliphatic rings. The summed E-state index contributed by atoms with van der Waals surface area (Å²) < 4.78 is 27.3. The van der Waals surface area contributed by atoms with Gasteiger partial charge in [0.15, 0.2) is 0 Å². The second-order valence-corrected chi connectivity index (χ2v) is 7.23. The van der Waals surface area contributed by atoms with Crippen molar-refractivity contribution in [2.24, 2.45) is 0 Å². The Morgan fingerprint density at radius 2 is 2.26 bits per heavy atom. The maximum Gasteiger partial charge on any atom is 0.242 e. The lowest BCUT2D eigenvalue weighted by atomic mass is 10.4. The van der Waals surface area contributed by atoms with Crippen LogP contribution in [0.25, 0.3) is 0 Å². The lowest BCUT2D eigenvalue weighted by Crippen LogP contribution is -2.22. The van der Waals surface area contributed by atoms with E-state index >= 15 is 0 Å². The summed E-state index contributed by atoms with van der Waals surface area (Å²) in [4.78, 5) is 4.68. The summed E-state index contributed by atoms with van der Waals surface area (Å²) in [6.07, 6.45) is 1.17. The van der Waals surface area contributed by atoms with Crippen LogP contribution in [0.15, 0.2) is 39.1 Å². The molecule has 0 fully saturated rings. The van der Waals surface area contributed by atoms with Crippen LogP contribution in [0.2, 0.25) is 0 Å². The van der Waals surface area contributed by atoms with Crippen LogP contribution >= 0.6 is 27.3 Å². The van der Waals surface area contributed by atoms with Crippen molar-refractivity contribution in [3.8, 4) is 6.07 Å². The third-order valence-electron chi connectivity index (χ3n) is 2.22. The number of pyridine rings is 1. The molecular formula is C11H8BrN3O2S2. The molecule has 0 aliphatic carbocycles. The van der Waals surface area contributed by atoms with E-state index in [1.54, 1.807) is 0 Å². The summed E-state index contributed by atoms with van der Waals surface area (Å²) in [6.45, 7) is 0.221. The molecule has 0 aliphatic heterocycles. The Kier molecular flexibility index (Phi) is 4.31. The molecule has 98 valence electrons. The number of thiophene rings is 1. The molecule has 0 amide bonds. The van der Waals surface area contributed by atoms with Gasteiger partial charge < -0.3 is 0 Å². The van der Waals surface area contributed by atoms with Gasteiger partial charge in [0.1, 0.15) is 16.7 Å². The number of nitrogens with one attached hydrogen (secondary N) is 1. The molecule has 0 saturated carbocycles. The van der Waals surface area contributed by atoms with Gasteiger partial charge >= 0.3 is 0 Å². The van der Waals surface area contributed by atoms with Gasteiger partial charge in [-0.1, -0.05) is 0 Å². The predicted octanol–water partition coefficient (Wildman–Crippen LogP) is 2.26. The largest absolute Gasteiger partial charge is 0.244 e. The summed E-state index contributed by atoms with van der Waals surface area (Å²) in [6, 6.07) is 6.42. The van der Waals surface area contributed by atoms with E-state index in [4.69, 9.17) is 5.26 Å². The van der Waals surface area contributed by atoms with E-state index in [1.807, 2.05) is 17.5 Å². The number of hydrogen-bond donors (Lipinski definition) is 1. The highest BCUT2D eigenvalue weighted by atomic mass is 79.9. The van der Waals surface area contributed by atoms with Gasteiger partial charge in [-0.3, -0.25) is 0 Å². The Hall–Kier alpha value is -1.27. The van der Waals surface area contributed by atoms with Gasteiger partial charge in [-0.25, -0.2) is 18.1 Å². The lowest BCUT2D eigenvalue weighted by molar-refractivity contribution is 0.581. The average Bonchev–Trinajstić information content (AvgIpc) is 2.82. The lowest BCUT2D eigenvalue weighted by Gasteiger charge is -2.04. The number of nitrogens with zero attached hydrogens (tertiary/aromatic N) is 2. The number of hydrogen-bond acceptors (Lipinski definition) is 5. The van der Waals surface area contributed by atoms with Gasteiger partial charge in [0.05, 0.1) is 0 Å². The van der Waals surface area contributed by atoms with Crippen LogP contribution in [0.5, 0.6) is 0 Å². The zero-order valence-electron chi connectivity index (χ0n) is 9.50. The molecule has 0 radical (unpaired) electrons. The monoisotopic (exact) mass is 357 g/mol. The highest BCUT2D eigenvalue weighted by molar-refractivity contribution is 9.10. The Labute approximate surface area is 123 Å². The van der Waals surface area contributed by atoms with Crippen molar-refractivity contribution in [1.82, 2.24) is 9.71 Å². The number of nitriles is 1. The van der Waals surface area contributed by atoms with Crippen LogP contribution in [0.4, 0.5) is 0 Å². The third-order valence-corrected chi connectivity index (χ3v) is 5.30. The van der Waals surface area contributed by atoms with E-state index in [0.29, 0.717) is 0 Å². The Bertz CT molecular complexity index is 717. The van der Waals surface area contributed by atoms with E-state index in [-0.39, 0.29) is 17.1 Å². The van der Waals surface area contributed by atoms with Gasteiger partial charge in [0.2, 0.25) is 10.0 Å². The zero-order chi connectivity index (χ0) is 13.9. The maximum atomic E-state index is 12.0. The first kappa shape index (κ1) is 14.1. The predicted molar refractivity (Wildman–Crippen MR) is 75.0 cm³/mol. The van der Waals surface area contributed by atoms with Crippen molar-refractivity contribution in [3.05, 3.63) is 44.8 Å². The zero-order valence-corrected chi connectivity index (χ0v) is 12.7. The minimum absolute atomic E-state index is 0.0436. The molecule has 8 heteroatoms. The van der Waals surface area contributed by atoms with Gasteiger partial charge in [0.25, 0.3) is 0 Å². The molecule has 0 bridgehead atoms. The molecule has 5 nitrogen and oxygen atoms in total. The van der Waals surface area contributed by atoms with Crippen LogP contribution in [-0.2, 0) is 16.6 Å². The van der Waals surface area contributed by atoms with Crippen molar-refractivity contribution >= 4 is 37.3 Å². The maximum absolute atomic E-state index is 12.0. The Morgan fingerprint density at radius 1 is 1.47 bits per heavy atom. The van der Waals surface area contributed by atoms with Gasteiger partial charge in [-0.2, -0.15) is 5.26 Å². The van der Waals surface area contributed by atoms with Crippen molar-refractivity contribution < 1.29 is 8.42 Å². The fourth-order valence-corrected chi connectivity index (χ4v) is 3.73. The van der Waals surface area contributed by atoms with Crippen LogP contribution in [-0.4, -0.2) is 13.4 Å². The van der Waals surface area contributed by atoms with Crippen molar-refractivity contribution in [3.63, 3.8) is 0 Å². The molecule has 1 N–H and O–H groups in total. The fourth-order valence-electron chi connectivity index (χ4n) is 1.30. The van der Waals surface area contributed by atoms with E-state index in [0.717, 1.165) is 9.35 Å². The van der Waals surface area contributed by atoms with E-state index in [1.165, 1.54) is 29.7 Å². The number of halogens is 1. The number of sulfonamides is 1. The molecule has 0 unspecified atom stereocenters. The van der Waals surface area contributed by atoms with E-state index in [2.05, 4.69) is 25.6 Å². The molecule has 0 saturated heterocycles. The van der Waals surface area contributed by atoms with E-state index in [9.17, 15) is 8.42 Å². The first-order valence-corrected chi connectivity index (χ1v) is 8.25. The fraction of sp³-hybridized carbons (Fsp3) is 0.0909. The van der Waals surface area contributed by atoms with Crippen LogP contribution in [0, 0.1) is 11.3 Å². The van der Waals surface area contributed by atoms with Crippen molar-refractivity contribution in [2.75, 3.05) is 0 Å². The van der Waals surface area contributed by atoms with Crippen molar-refractivity contribution in [2.45, 2.75) is 11.4 Å². The molecular weight excluding hydrogens is 350 g/mol. The van der Waals surface area contributed by atoms with Crippen LogP contribution in [0.1, 0.15) is 10.6 Å². The summed E-state index contributed by atoms with van der Waals surface area (Å²) in [5, 5.41) is 10.5. The summed E-state index contributed by atoms with van der Waals surface area (Å²) in [5.74, 6) is 0. The second kappa shape index (κ2) is 5.79. The third kappa shape index (κ3) is 3.61. The minimum atomic E-state index is -3.60. The van der Waals surface area contributed by atoms with Crippen molar-refractivity contribution in [1.29, 1.82) is 5.26 Å². The van der Waals surface area contributed by atoms with Crippen LogP contribution < -0.4 is 4.72 Å². The van der Waals surface area contributed by atoms with E-state index < -0.39 is 10.0 Å². The van der Waals surface area contributed by atoms with Gasteiger partial charge in [0, 0.05) is 27.5 Å². The Balaban J connectivity index is 2.11. The summed E-state index contributed by atoms with van der Waals surface area (Å²) in [7, 11) is -3.60. The minimum Gasteiger partial charge on any atom is -0.244 e. The summed E-state index contributed by atoms with van der Waals surface area (Å²) in [5.41, 5.74) is 0.182. The Morgan fingerprint density at radius 3 is 2.79 bits per heavy atom. The highest BCUT2D eigenvalue weighted by Crippen LogP contribution is 2.20. The molecule has 2 rings (SSSR count). The first-order chi connectivity index (χ1) is 9.01. The molecule has 19 heavy (non-hydrogen) atoms. The number of rotatable bonds is 4. The molecule has 0 spiro atoms. The molecule has 2 heterocycles. The standard InChI is InChI=1S/C11H8BrN3O2S2/c12-8-3-10(18-7-8)5-15-19(16,17)11-2-1-9(4-13)14-6-11/h1-3,6-7,15H,5H2. The van der Waals surface area contributed by atoms with Gasteiger partial charge in [-0.05, 0) is 34.1 Å². The summed E-state index contributed by atoms with van der Waals surface area (Å²) >= 11 is 4.76. The van der Waals surface area contributed by atoms with Gasteiger partial charge in [-0.15, -0.1) is 11.3 Å². The smallest absolute Gasteiger partial charge is 0.242 e.